The zero-order valence-electron chi connectivity index (χ0n) is 9.14. The summed E-state index contributed by atoms with van der Waals surface area (Å²) in [6, 6.07) is 0. The maximum absolute atomic E-state index is 5.16. The first-order valence-electron chi connectivity index (χ1n) is 4.80. The molecule has 1 aliphatic heterocycles. The number of epoxide rings is 1. The summed E-state index contributed by atoms with van der Waals surface area (Å²) < 4.78 is 29.8. The molecule has 0 bridgehead atoms. The van der Waals surface area contributed by atoms with Gasteiger partial charge in [-0.2, -0.15) is 0 Å². The molecular formula is C9H18O6. The van der Waals surface area contributed by atoms with Crippen molar-refractivity contribution in [2.75, 3.05) is 40.9 Å². The molecule has 0 saturated carbocycles. The molecule has 2 unspecified atom stereocenters. The molecule has 0 radical (unpaired) electrons. The monoisotopic (exact) mass is 222 g/mol. The number of methoxy groups -OCH3 is 1. The van der Waals surface area contributed by atoms with Crippen LogP contribution in [-0.4, -0.2) is 53.1 Å². The van der Waals surface area contributed by atoms with E-state index in [2.05, 4.69) is 4.74 Å². The Morgan fingerprint density at radius 3 is 2.00 bits per heavy atom. The predicted molar refractivity (Wildman–Crippen MR) is 50.0 cm³/mol. The number of rotatable bonds is 10. The van der Waals surface area contributed by atoms with Gasteiger partial charge in [-0.3, -0.25) is 0 Å². The Hall–Kier alpha value is -0.240. The molecule has 1 rings (SSSR count). The molecule has 90 valence electrons. The molecule has 0 aromatic carbocycles. The normalized spacial score (nSPS) is 24.4. The van der Waals surface area contributed by atoms with Crippen molar-refractivity contribution in [1.82, 2.24) is 0 Å². The van der Waals surface area contributed by atoms with E-state index in [1.807, 2.05) is 6.92 Å². The van der Waals surface area contributed by atoms with Crippen LogP contribution in [-0.2, 0) is 28.4 Å². The average molecular weight is 222 g/mol. The first kappa shape index (κ1) is 12.8. The Bertz CT molecular complexity index is 154. The van der Waals surface area contributed by atoms with Crippen molar-refractivity contribution in [3.05, 3.63) is 0 Å². The van der Waals surface area contributed by atoms with Crippen molar-refractivity contribution in [2.24, 2.45) is 0 Å². The summed E-state index contributed by atoms with van der Waals surface area (Å²) in [5, 5.41) is 0. The standard InChI is InChI=1S/C9H18O6/c1-8-9(15-8)3-11-5-13-7-14-6-12-4-10-2/h8-9H,3-7H2,1-2H3. The van der Waals surface area contributed by atoms with Gasteiger partial charge >= 0.3 is 0 Å². The Labute approximate surface area is 89.3 Å². The van der Waals surface area contributed by atoms with Gasteiger partial charge in [0.1, 0.15) is 19.7 Å². The van der Waals surface area contributed by atoms with Gasteiger partial charge in [0.2, 0.25) is 0 Å². The second-order valence-electron chi connectivity index (χ2n) is 3.12. The van der Waals surface area contributed by atoms with Crippen LogP contribution in [0.2, 0.25) is 0 Å². The molecular weight excluding hydrogens is 204 g/mol. The van der Waals surface area contributed by atoms with Gasteiger partial charge in [-0.05, 0) is 6.92 Å². The molecule has 0 aromatic heterocycles. The van der Waals surface area contributed by atoms with E-state index in [1.54, 1.807) is 7.11 Å². The van der Waals surface area contributed by atoms with Crippen molar-refractivity contribution in [3.8, 4) is 0 Å². The fourth-order valence-corrected chi connectivity index (χ4v) is 0.932. The lowest BCUT2D eigenvalue weighted by molar-refractivity contribution is -0.188. The van der Waals surface area contributed by atoms with E-state index in [0.717, 1.165) is 0 Å². The molecule has 0 amide bonds. The zero-order valence-corrected chi connectivity index (χ0v) is 9.14. The summed E-state index contributed by atoms with van der Waals surface area (Å²) in [4.78, 5) is 0. The fourth-order valence-electron chi connectivity index (χ4n) is 0.932. The van der Waals surface area contributed by atoms with Crippen molar-refractivity contribution in [1.29, 1.82) is 0 Å². The molecule has 1 aliphatic rings. The van der Waals surface area contributed by atoms with E-state index < -0.39 is 0 Å². The SMILES string of the molecule is COCOCOCOCOCC1OC1C. The van der Waals surface area contributed by atoms with Gasteiger partial charge in [0.05, 0.1) is 12.7 Å². The van der Waals surface area contributed by atoms with Crippen molar-refractivity contribution >= 4 is 0 Å². The van der Waals surface area contributed by atoms with Crippen LogP contribution in [0.5, 0.6) is 0 Å². The average Bonchev–Trinajstić information content (AvgIpc) is 2.92. The molecule has 6 heteroatoms. The van der Waals surface area contributed by atoms with Gasteiger partial charge in [-0.25, -0.2) is 0 Å². The highest BCUT2D eigenvalue weighted by molar-refractivity contribution is 4.79. The smallest absolute Gasteiger partial charge is 0.152 e. The molecule has 0 N–H and O–H groups in total. The molecule has 6 nitrogen and oxygen atoms in total. The summed E-state index contributed by atoms with van der Waals surface area (Å²) in [7, 11) is 1.55. The van der Waals surface area contributed by atoms with E-state index in [9.17, 15) is 0 Å². The third kappa shape index (κ3) is 6.77. The van der Waals surface area contributed by atoms with Crippen LogP contribution in [0, 0.1) is 0 Å². The van der Waals surface area contributed by atoms with Crippen molar-refractivity contribution < 1.29 is 28.4 Å². The molecule has 1 heterocycles. The molecule has 15 heavy (non-hydrogen) atoms. The van der Waals surface area contributed by atoms with Crippen LogP contribution in [0.25, 0.3) is 0 Å². The summed E-state index contributed by atoms with van der Waals surface area (Å²) in [6.07, 6.45) is 0.559. The lowest BCUT2D eigenvalue weighted by Crippen LogP contribution is -2.10. The van der Waals surface area contributed by atoms with Gasteiger partial charge < -0.3 is 28.4 Å². The lowest BCUT2D eigenvalue weighted by Gasteiger charge is -2.06. The number of hydrogen-bond acceptors (Lipinski definition) is 6. The Morgan fingerprint density at radius 1 is 0.933 bits per heavy atom. The van der Waals surface area contributed by atoms with Gasteiger partial charge in [-0.15, -0.1) is 0 Å². The van der Waals surface area contributed by atoms with Crippen LogP contribution in [0.15, 0.2) is 0 Å². The number of hydrogen-bond donors (Lipinski definition) is 0. The quantitative estimate of drug-likeness (QED) is 0.301. The highest BCUT2D eigenvalue weighted by atomic mass is 16.8. The third-order valence-electron chi connectivity index (χ3n) is 1.82. The lowest BCUT2D eigenvalue weighted by atomic mass is 10.4. The van der Waals surface area contributed by atoms with E-state index >= 15 is 0 Å². The summed E-state index contributed by atoms with van der Waals surface area (Å²) in [5.74, 6) is 0. The highest BCUT2D eigenvalue weighted by Crippen LogP contribution is 2.20. The predicted octanol–water partition coefficient (Wildman–Crippen LogP) is 0.317. The topological polar surface area (TPSA) is 58.7 Å². The molecule has 0 aliphatic carbocycles. The van der Waals surface area contributed by atoms with Gasteiger partial charge in [0, 0.05) is 7.11 Å². The molecule has 1 saturated heterocycles. The zero-order chi connectivity index (χ0) is 10.9. The van der Waals surface area contributed by atoms with E-state index in [-0.39, 0.29) is 33.3 Å². The molecule has 1 fully saturated rings. The second-order valence-corrected chi connectivity index (χ2v) is 3.12. The minimum absolute atomic E-state index is 0.144. The first-order valence-corrected chi connectivity index (χ1v) is 4.80. The Kier molecular flexibility index (Phi) is 6.82. The Balaban J connectivity index is 1.66. The van der Waals surface area contributed by atoms with Gasteiger partial charge in [-0.1, -0.05) is 0 Å². The Morgan fingerprint density at radius 2 is 1.47 bits per heavy atom. The van der Waals surface area contributed by atoms with Gasteiger partial charge in [0.15, 0.2) is 13.6 Å². The van der Waals surface area contributed by atoms with Crippen LogP contribution >= 0.6 is 0 Å². The van der Waals surface area contributed by atoms with E-state index in [4.69, 9.17) is 23.7 Å². The summed E-state index contributed by atoms with van der Waals surface area (Å²) in [5.41, 5.74) is 0. The second kappa shape index (κ2) is 7.98. The minimum Gasteiger partial charge on any atom is -0.367 e. The minimum atomic E-state index is 0.144. The van der Waals surface area contributed by atoms with Crippen molar-refractivity contribution in [2.45, 2.75) is 19.1 Å². The van der Waals surface area contributed by atoms with Crippen LogP contribution in [0.3, 0.4) is 0 Å². The van der Waals surface area contributed by atoms with Crippen LogP contribution < -0.4 is 0 Å². The van der Waals surface area contributed by atoms with Crippen LogP contribution in [0.1, 0.15) is 6.92 Å². The summed E-state index contributed by atoms with van der Waals surface area (Å²) in [6.45, 7) is 3.29. The van der Waals surface area contributed by atoms with Gasteiger partial charge in [0.25, 0.3) is 0 Å². The molecule has 0 spiro atoms. The molecule has 0 aromatic rings. The van der Waals surface area contributed by atoms with Crippen molar-refractivity contribution in [3.63, 3.8) is 0 Å². The largest absolute Gasteiger partial charge is 0.367 e. The maximum atomic E-state index is 5.16. The number of ether oxygens (including phenoxy) is 6. The van der Waals surface area contributed by atoms with E-state index in [1.165, 1.54) is 0 Å². The summed E-state index contributed by atoms with van der Waals surface area (Å²) >= 11 is 0. The van der Waals surface area contributed by atoms with E-state index in [0.29, 0.717) is 12.7 Å². The third-order valence-corrected chi connectivity index (χ3v) is 1.82. The first-order chi connectivity index (χ1) is 7.34. The van der Waals surface area contributed by atoms with Crippen LogP contribution in [0.4, 0.5) is 0 Å². The molecule has 2 atom stereocenters. The highest BCUT2D eigenvalue weighted by Gasteiger charge is 2.33. The fraction of sp³-hybridized carbons (Fsp3) is 1.00. The maximum Gasteiger partial charge on any atom is 0.152 e.